The van der Waals surface area contributed by atoms with Crippen LogP contribution in [-0.2, 0) is 4.79 Å². The fourth-order valence-corrected chi connectivity index (χ4v) is 1.92. The smallest absolute Gasteiger partial charge is 0.316 e. The molecule has 22 heavy (non-hydrogen) atoms. The van der Waals surface area contributed by atoms with E-state index in [1.165, 1.54) is 20.0 Å². The summed E-state index contributed by atoms with van der Waals surface area (Å²) < 4.78 is 5.15. The van der Waals surface area contributed by atoms with Gasteiger partial charge in [0, 0.05) is 11.8 Å². The van der Waals surface area contributed by atoms with E-state index in [0.29, 0.717) is 17.1 Å². The van der Waals surface area contributed by atoms with Gasteiger partial charge in [-0.05, 0) is 37.4 Å². The number of ether oxygens (including phenoxy) is 1. The van der Waals surface area contributed by atoms with Gasteiger partial charge in [-0.1, -0.05) is 0 Å². The van der Waals surface area contributed by atoms with Crippen molar-refractivity contribution >= 4 is 35.7 Å². The van der Waals surface area contributed by atoms with Gasteiger partial charge in [-0.2, -0.15) is 0 Å². The minimum atomic E-state index is -0.672. The molecule has 1 aliphatic carbocycles. The van der Waals surface area contributed by atoms with Crippen LogP contribution in [0.15, 0.2) is 18.2 Å². The van der Waals surface area contributed by atoms with Crippen LogP contribution in [0.3, 0.4) is 0 Å². The van der Waals surface area contributed by atoms with Gasteiger partial charge in [-0.3, -0.25) is 4.79 Å². The van der Waals surface area contributed by atoms with Gasteiger partial charge in [0.2, 0.25) is 5.91 Å². The van der Waals surface area contributed by atoms with E-state index in [1.807, 2.05) is 0 Å². The van der Waals surface area contributed by atoms with Crippen LogP contribution in [-0.4, -0.2) is 32.1 Å². The van der Waals surface area contributed by atoms with Crippen LogP contribution in [0.4, 0.5) is 16.2 Å². The van der Waals surface area contributed by atoms with Gasteiger partial charge < -0.3 is 26.4 Å². The number of carbonyl (C=O) groups excluding carboxylic acids is 2. The predicted octanol–water partition coefficient (Wildman–Crippen LogP) is 1.55. The van der Waals surface area contributed by atoms with E-state index in [2.05, 4.69) is 16.0 Å². The molecule has 0 spiro atoms. The number of methoxy groups -OCH3 is 1. The topological polar surface area (TPSA) is 105 Å². The number of urea groups is 1. The fraction of sp³-hybridized carbons (Fsp3) is 0.429. The van der Waals surface area contributed by atoms with Gasteiger partial charge in [-0.25, -0.2) is 4.79 Å². The Hall–Kier alpha value is -1.99. The van der Waals surface area contributed by atoms with Crippen LogP contribution in [0.5, 0.6) is 5.75 Å². The highest BCUT2D eigenvalue weighted by atomic mass is 35.5. The van der Waals surface area contributed by atoms with E-state index >= 15 is 0 Å². The van der Waals surface area contributed by atoms with E-state index in [1.54, 1.807) is 18.2 Å². The average Bonchev–Trinajstić information content (AvgIpc) is 3.24. The zero-order valence-electron chi connectivity index (χ0n) is 12.3. The number of anilines is 2. The molecule has 1 fully saturated rings. The molecule has 1 aromatic carbocycles. The Bertz CT molecular complexity index is 535. The molecule has 1 aliphatic rings. The average molecular weight is 329 g/mol. The van der Waals surface area contributed by atoms with E-state index in [9.17, 15) is 9.59 Å². The molecular formula is C14H21ClN4O3. The van der Waals surface area contributed by atoms with Crippen molar-refractivity contribution in [3.8, 4) is 5.75 Å². The number of nitrogens with one attached hydrogen (secondary N) is 3. The third kappa shape index (κ3) is 5.79. The molecule has 0 heterocycles. The van der Waals surface area contributed by atoms with Gasteiger partial charge in [0.25, 0.3) is 0 Å². The van der Waals surface area contributed by atoms with E-state index < -0.39 is 6.03 Å². The van der Waals surface area contributed by atoms with Gasteiger partial charge >= 0.3 is 6.03 Å². The molecule has 0 saturated heterocycles. The van der Waals surface area contributed by atoms with Crippen molar-refractivity contribution in [3.05, 3.63) is 18.2 Å². The molecule has 1 aromatic rings. The Morgan fingerprint density at radius 2 is 2.05 bits per heavy atom. The summed E-state index contributed by atoms with van der Waals surface area (Å²) in [5, 5.41) is 8.33. The van der Waals surface area contributed by atoms with Crippen molar-refractivity contribution in [2.24, 2.45) is 11.7 Å². The summed E-state index contributed by atoms with van der Waals surface area (Å²) in [4.78, 5) is 22.6. The molecular weight excluding hydrogens is 308 g/mol. The largest absolute Gasteiger partial charge is 0.494 e. The number of rotatable bonds is 7. The maximum atomic E-state index is 11.8. The highest BCUT2D eigenvalue weighted by Crippen LogP contribution is 2.28. The van der Waals surface area contributed by atoms with Crippen molar-refractivity contribution in [1.82, 2.24) is 5.32 Å². The van der Waals surface area contributed by atoms with Crippen LogP contribution in [0.2, 0.25) is 0 Å². The monoisotopic (exact) mass is 328 g/mol. The summed E-state index contributed by atoms with van der Waals surface area (Å²) >= 11 is 0. The maximum Gasteiger partial charge on any atom is 0.316 e. The molecule has 8 heteroatoms. The molecule has 0 radical (unpaired) electrons. The molecule has 1 saturated carbocycles. The number of nitrogens with two attached hydrogens (primary N) is 1. The molecule has 5 N–H and O–H groups in total. The van der Waals surface area contributed by atoms with Crippen molar-refractivity contribution in [3.63, 3.8) is 0 Å². The number of benzene rings is 1. The first-order valence-corrected chi connectivity index (χ1v) is 6.83. The second-order valence-corrected chi connectivity index (χ2v) is 5.03. The van der Waals surface area contributed by atoms with Crippen LogP contribution in [0, 0.1) is 5.92 Å². The lowest BCUT2D eigenvalue weighted by Gasteiger charge is -2.12. The third-order valence-electron chi connectivity index (χ3n) is 3.16. The van der Waals surface area contributed by atoms with E-state index in [-0.39, 0.29) is 24.9 Å². The van der Waals surface area contributed by atoms with E-state index in [4.69, 9.17) is 10.5 Å². The second-order valence-electron chi connectivity index (χ2n) is 5.03. The number of amides is 3. The van der Waals surface area contributed by atoms with Gasteiger partial charge in [-0.15, -0.1) is 12.4 Å². The lowest BCUT2D eigenvalue weighted by molar-refractivity contribution is -0.115. The standard InChI is InChI=1S/C14H20N4O3.ClH/c1-21-12-6-10(4-5-11(12)18-14(15)20)17-13(19)8-16-7-9-2-3-9;/h4-6,9,16H,2-3,7-8H2,1H3,(H,17,19)(H3,15,18,20);1H. The molecule has 3 amide bonds. The number of halogens is 1. The minimum Gasteiger partial charge on any atom is -0.494 e. The van der Waals surface area contributed by atoms with Crippen molar-refractivity contribution < 1.29 is 14.3 Å². The fourth-order valence-electron chi connectivity index (χ4n) is 1.92. The number of primary amides is 1. The third-order valence-corrected chi connectivity index (χ3v) is 3.16. The first kappa shape index (κ1) is 18.1. The van der Waals surface area contributed by atoms with Crippen molar-refractivity contribution in [2.75, 3.05) is 30.8 Å². The molecule has 0 atom stereocenters. The van der Waals surface area contributed by atoms with Gasteiger partial charge in [0.1, 0.15) is 5.75 Å². The Labute approximate surface area is 135 Å². The molecule has 0 unspecified atom stereocenters. The molecule has 7 nitrogen and oxygen atoms in total. The molecule has 2 rings (SSSR count). The summed E-state index contributed by atoms with van der Waals surface area (Å²) in [6.07, 6.45) is 2.50. The highest BCUT2D eigenvalue weighted by Gasteiger charge is 2.20. The number of hydrogen-bond acceptors (Lipinski definition) is 4. The zero-order valence-corrected chi connectivity index (χ0v) is 13.2. The Kier molecular flexibility index (Phi) is 6.94. The summed E-state index contributed by atoms with van der Waals surface area (Å²) in [5.74, 6) is 1.04. The Morgan fingerprint density at radius 3 is 2.64 bits per heavy atom. The maximum absolute atomic E-state index is 11.8. The lowest BCUT2D eigenvalue weighted by Crippen LogP contribution is -2.29. The van der Waals surface area contributed by atoms with Crippen LogP contribution in [0.1, 0.15) is 12.8 Å². The van der Waals surface area contributed by atoms with Crippen molar-refractivity contribution in [2.45, 2.75) is 12.8 Å². The van der Waals surface area contributed by atoms with E-state index in [0.717, 1.165) is 12.5 Å². The number of carbonyl (C=O) groups is 2. The van der Waals surface area contributed by atoms with Crippen LogP contribution < -0.4 is 26.4 Å². The molecule has 0 aromatic heterocycles. The molecule has 0 bridgehead atoms. The first-order chi connectivity index (χ1) is 10.1. The Balaban J connectivity index is 0.00000242. The van der Waals surface area contributed by atoms with Crippen LogP contribution >= 0.6 is 12.4 Å². The zero-order chi connectivity index (χ0) is 15.2. The number of hydrogen-bond donors (Lipinski definition) is 4. The van der Waals surface area contributed by atoms with Crippen molar-refractivity contribution in [1.29, 1.82) is 0 Å². The normalized spacial score (nSPS) is 13.0. The summed E-state index contributed by atoms with van der Waals surface area (Å²) in [6, 6.07) is 4.25. The minimum absolute atomic E-state index is 0. The summed E-state index contributed by atoms with van der Waals surface area (Å²) in [5.41, 5.74) is 6.12. The summed E-state index contributed by atoms with van der Waals surface area (Å²) in [6.45, 7) is 1.16. The molecule has 0 aliphatic heterocycles. The van der Waals surface area contributed by atoms with Gasteiger partial charge in [0.15, 0.2) is 0 Å². The predicted molar refractivity (Wildman–Crippen MR) is 87.7 cm³/mol. The second kappa shape index (κ2) is 8.45. The summed E-state index contributed by atoms with van der Waals surface area (Å²) in [7, 11) is 1.48. The Morgan fingerprint density at radius 1 is 1.32 bits per heavy atom. The first-order valence-electron chi connectivity index (χ1n) is 6.83. The molecule has 122 valence electrons. The quantitative estimate of drug-likeness (QED) is 0.609. The van der Waals surface area contributed by atoms with Crippen LogP contribution in [0.25, 0.3) is 0 Å². The SMILES string of the molecule is COc1cc(NC(=O)CNCC2CC2)ccc1NC(N)=O.Cl. The van der Waals surface area contributed by atoms with Gasteiger partial charge in [0.05, 0.1) is 19.3 Å². The highest BCUT2D eigenvalue weighted by molar-refractivity contribution is 5.94. The lowest BCUT2D eigenvalue weighted by atomic mass is 10.2.